The molecule has 0 bridgehead atoms. The number of furan rings is 1. The molecule has 0 fully saturated rings. The third-order valence-electron chi connectivity index (χ3n) is 5.94. The van der Waals surface area contributed by atoms with Gasteiger partial charge in [0.05, 0.1) is 29.0 Å². The van der Waals surface area contributed by atoms with Gasteiger partial charge >= 0.3 is 0 Å². The predicted molar refractivity (Wildman–Crippen MR) is 149 cm³/mol. The summed E-state index contributed by atoms with van der Waals surface area (Å²) in [6.07, 6.45) is 2.37. The highest BCUT2D eigenvalue weighted by atomic mass is 16.5. The number of nitrogen functional groups attached to an aromatic ring is 1. The van der Waals surface area contributed by atoms with E-state index < -0.39 is 0 Å². The number of pyridine rings is 1. The number of ether oxygens (including phenoxy) is 2. The number of hydrogen-bond acceptors (Lipinski definition) is 7. The molecule has 0 unspecified atom stereocenters. The Labute approximate surface area is 224 Å². The summed E-state index contributed by atoms with van der Waals surface area (Å²) in [5.41, 5.74) is 8.74. The second-order valence-electron chi connectivity index (χ2n) is 8.56. The summed E-state index contributed by atoms with van der Waals surface area (Å²) in [7, 11) is 0. The van der Waals surface area contributed by atoms with Crippen LogP contribution in [0.2, 0.25) is 0 Å². The first kappa shape index (κ1) is 25.3. The van der Waals surface area contributed by atoms with Crippen LogP contribution in [0.1, 0.15) is 16.1 Å². The third kappa shape index (κ3) is 5.99. The first-order valence-electron chi connectivity index (χ1n) is 12.3. The number of amides is 2. The molecule has 0 saturated carbocycles. The van der Waals surface area contributed by atoms with E-state index in [2.05, 4.69) is 10.3 Å². The number of carbonyl (C=O) groups excluding carboxylic acids is 2. The number of para-hydroxylation sites is 3. The number of rotatable bonds is 11. The van der Waals surface area contributed by atoms with Crippen molar-refractivity contribution in [3.8, 4) is 11.5 Å². The quantitative estimate of drug-likeness (QED) is 0.179. The van der Waals surface area contributed by atoms with Crippen molar-refractivity contribution in [1.82, 2.24) is 4.98 Å². The highest BCUT2D eigenvalue weighted by Crippen LogP contribution is 2.39. The Kier molecular flexibility index (Phi) is 7.68. The maximum absolute atomic E-state index is 12.5. The molecule has 0 saturated heterocycles. The maximum Gasteiger partial charge on any atom is 0.255 e. The van der Waals surface area contributed by atoms with Gasteiger partial charge in [-0.3, -0.25) is 19.5 Å². The Morgan fingerprint density at radius 1 is 0.949 bits per heavy atom. The van der Waals surface area contributed by atoms with Gasteiger partial charge in [0.15, 0.2) is 5.75 Å². The van der Waals surface area contributed by atoms with Crippen molar-refractivity contribution in [2.24, 2.45) is 0 Å². The standard InChI is InChI=1S/C30H26N4O5/c31-25-9-2-3-10-26(25)33-29(36)21-12-14-23(15-13-21)37-18-17-34(20-35)30-28(24-8-1-4-11-27(24)39-30)38-19-22-7-5-6-16-32-22/h1-16,20H,17-19,31H2,(H,33,36). The summed E-state index contributed by atoms with van der Waals surface area (Å²) in [6, 6.07) is 26.7. The fraction of sp³-hybridized carbons (Fsp3) is 0.100. The van der Waals surface area contributed by atoms with Crippen LogP contribution in [-0.4, -0.2) is 30.5 Å². The van der Waals surface area contributed by atoms with Gasteiger partial charge in [-0.25, -0.2) is 0 Å². The zero-order valence-corrected chi connectivity index (χ0v) is 20.9. The van der Waals surface area contributed by atoms with Gasteiger partial charge in [-0.2, -0.15) is 0 Å². The molecule has 9 heteroatoms. The minimum Gasteiger partial charge on any atom is -0.492 e. The average molecular weight is 523 g/mol. The van der Waals surface area contributed by atoms with Crippen molar-refractivity contribution >= 4 is 40.5 Å². The van der Waals surface area contributed by atoms with Crippen LogP contribution in [-0.2, 0) is 11.4 Å². The predicted octanol–water partition coefficient (Wildman–Crippen LogP) is 5.28. The Balaban J connectivity index is 1.23. The first-order valence-corrected chi connectivity index (χ1v) is 12.3. The summed E-state index contributed by atoms with van der Waals surface area (Å²) >= 11 is 0. The van der Waals surface area contributed by atoms with E-state index in [4.69, 9.17) is 19.6 Å². The molecule has 2 aromatic heterocycles. The number of aromatic nitrogens is 1. The summed E-state index contributed by atoms with van der Waals surface area (Å²) in [6.45, 7) is 0.609. The highest BCUT2D eigenvalue weighted by molar-refractivity contribution is 6.05. The molecule has 0 aliphatic carbocycles. The largest absolute Gasteiger partial charge is 0.492 e. The second kappa shape index (κ2) is 11.8. The fourth-order valence-electron chi connectivity index (χ4n) is 3.94. The lowest BCUT2D eigenvalue weighted by molar-refractivity contribution is -0.107. The Bertz CT molecular complexity index is 1570. The van der Waals surface area contributed by atoms with Crippen molar-refractivity contribution in [1.29, 1.82) is 0 Å². The van der Waals surface area contributed by atoms with E-state index >= 15 is 0 Å². The van der Waals surface area contributed by atoms with E-state index in [9.17, 15) is 9.59 Å². The highest BCUT2D eigenvalue weighted by Gasteiger charge is 2.21. The molecule has 0 atom stereocenters. The van der Waals surface area contributed by atoms with E-state index in [0.717, 1.165) is 11.1 Å². The van der Waals surface area contributed by atoms with Crippen LogP contribution < -0.4 is 25.4 Å². The van der Waals surface area contributed by atoms with Gasteiger partial charge in [0.1, 0.15) is 24.5 Å². The smallest absolute Gasteiger partial charge is 0.255 e. The van der Waals surface area contributed by atoms with E-state index in [1.165, 1.54) is 4.90 Å². The van der Waals surface area contributed by atoms with Crippen molar-refractivity contribution in [3.05, 3.63) is 108 Å². The van der Waals surface area contributed by atoms with Crippen LogP contribution in [0.3, 0.4) is 0 Å². The molecule has 0 spiro atoms. The molecule has 0 aliphatic heterocycles. The van der Waals surface area contributed by atoms with E-state index in [0.29, 0.717) is 40.4 Å². The van der Waals surface area contributed by atoms with Gasteiger partial charge in [-0.1, -0.05) is 30.3 Å². The van der Waals surface area contributed by atoms with E-state index in [-0.39, 0.29) is 31.5 Å². The Hall–Kier alpha value is -5.31. The van der Waals surface area contributed by atoms with Gasteiger partial charge in [0.2, 0.25) is 12.3 Å². The topological polar surface area (TPSA) is 120 Å². The number of hydrogen-bond donors (Lipinski definition) is 2. The lowest BCUT2D eigenvalue weighted by Gasteiger charge is -2.17. The average Bonchev–Trinajstić information content (AvgIpc) is 3.34. The molecular formula is C30H26N4O5. The number of nitrogens with one attached hydrogen (secondary N) is 1. The van der Waals surface area contributed by atoms with Crippen LogP contribution in [0.25, 0.3) is 11.0 Å². The van der Waals surface area contributed by atoms with Crippen molar-refractivity contribution in [2.45, 2.75) is 6.61 Å². The van der Waals surface area contributed by atoms with Gasteiger partial charge in [-0.15, -0.1) is 0 Å². The van der Waals surface area contributed by atoms with Gasteiger partial charge in [0, 0.05) is 11.8 Å². The van der Waals surface area contributed by atoms with Crippen molar-refractivity contribution in [2.75, 3.05) is 29.1 Å². The maximum atomic E-state index is 12.5. The number of benzene rings is 3. The van der Waals surface area contributed by atoms with Crippen LogP contribution in [0.4, 0.5) is 17.3 Å². The minimum absolute atomic E-state index is 0.182. The van der Waals surface area contributed by atoms with Crippen molar-refractivity contribution < 1.29 is 23.5 Å². The lowest BCUT2D eigenvalue weighted by atomic mass is 10.2. The fourth-order valence-corrected chi connectivity index (χ4v) is 3.94. The molecule has 5 rings (SSSR count). The molecule has 39 heavy (non-hydrogen) atoms. The van der Waals surface area contributed by atoms with E-state index in [1.54, 1.807) is 54.7 Å². The molecule has 2 heterocycles. The molecule has 3 aromatic carbocycles. The summed E-state index contributed by atoms with van der Waals surface area (Å²) in [5.74, 6) is 1.01. The zero-order valence-electron chi connectivity index (χ0n) is 20.9. The zero-order chi connectivity index (χ0) is 27.0. The number of nitrogens with zero attached hydrogens (tertiary/aromatic N) is 2. The number of anilines is 3. The molecule has 0 radical (unpaired) electrons. The Morgan fingerprint density at radius 2 is 1.72 bits per heavy atom. The SMILES string of the molecule is Nc1ccccc1NC(=O)c1ccc(OCCN(C=O)c2oc3ccccc3c2OCc2ccccn2)cc1. The molecule has 5 aromatic rings. The summed E-state index contributed by atoms with van der Waals surface area (Å²) in [4.78, 5) is 30.3. The lowest BCUT2D eigenvalue weighted by Crippen LogP contribution is -2.26. The number of nitrogens with two attached hydrogens (primary N) is 1. The molecule has 9 nitrogen and oxygen atoms in total. The van der Waals surface area contributed by atoms with Crippen LogP contribution in [0.15, 0.2) is 102 Å². The van der Waals surface area contributed by atoms with Crippen LogP contribution in [0, 0.1) is 0 Å². The normalized spacial score (nSPS) is 10.7. The second-order valence-corrected chi connectivity index (χ2v) is 8.56. The first-order chi connectivity index (χ1) is 19.1. The third-order valence-corrected chi connectivity index (χ3v) is 5.94. The molecule has 2 amide bonds. The number of carbonyl (C=O) groups is 2. The number of fused-ring (bicyclic) bond motifs is 1. The minimum atomic E-state index is -0.283. The van der Waals surface area contributed by atoms with Crippen LogP contribution in [0.5, 0.6) is 11.5 Å². The summed E-state index contributed by atoms with van der Waals surface area (Å²) < 4.78 is 17.9. The van der Waals surface area contributed by atoms with Crippen molar-refractivity contribution in [3.63, 3.8) is 0 Å². The van der Waals surface area contributed by atoms with Gasteiger partial charge in [-0.05, 0) is 60.7 Å². The van der Waals surface area contributed by atoms with Gasteiger partial charge < -0.3 is 24.9 Å². The Morgan fingerprint density at radius 3 is 2.49 bits per heavy atom. The monoisotopic (exact) mass is 522 g/mol. The van der Waals surface area contributed by atoms with Crippen LogP contribution >= 0.6 is 0 Å². The summed E-state index contributed by atoms with van der Waals surface area (Å²) in [5, 5.41) is 3.54. The molecule has 3 N–H and O–H groups in total. The molecule has 0 aliphatic rings. The van der Waals surface area contributed by atoms with Gasteiger partial charge in [0.25, 0.3) is 5.91 Å². The molecular weight excluding hydrogens is 496 g/mol. The molecule has 196 valence electrons. The van der Waals surface area contributed by atoms with E-state index in [1.807, 2.05) is 42.5 Å².